The summed E-state index contributed by atoms with van der Waals surface area (Å²) in [4.78, 5) is 2.31. The third kappa shape index (κ3) is 6.38. The predicted octanol–water partition coefficient (Wildman–Crippen LogP) is 5.98. The SMILES string of the molecule is CN(Cc1ccccc1)C[C@@H]1C[C@H](c2ccc(CO)cc2)O[C@H](c2ccc(-c3ccccc3CN)cc2)O1. The molecule has 0 bridgehead atoms. The summed E-state index contributed by atoms with van der Waals surface area (Å²) in [5.41, 5.74) is 13.6. The van der Waals surface area contributed by atoms with Gasteiger partial charge >= 0.3 is 0 Å². The topological polar surface area (TPSA) is 68.0 Å². The highest BCUT2D eigenvalue weighted by Crippen LogP contribution is 2.38. The van der Waals surface area contributed by atoms with Gasteiger partial charge in [-0.3, -0.25) is 4.90 Å². The van der Waals surface area contributed by atoms with Crippen LogP contribution in [-0.4, -0.2) is 29.7 Å². The number of rotatable bonds is 9. The Morgan fingerprint density at radius 3 is 2.18 bits per heavy atom. The molecule has 1 aliphatic heterocycles. The molecule has 1 heterocycles. The van der Waals surface area contributed by atoms with Crippen molar-refractivity contribution < 1.29 is 14.6 Å². The van der Waals surface area contributed by atoms with Crippen molar-refractivity contribution in [3.63, 3.8) is 0 Å². The predicted molar refractivity (Wildman–Crippen MR) is 151 cm³/mol. The van der Waals surface area contributed by atoms with E-state index in [9.17, 15) is 5.11 Å². The maximum absolute atomic E-state index is 9.47. The lowest BCUT2D eigenvalue weighted by Gasteiger charge is -2.38. The van der Waals surface area contributed by atoms with Crippen LogP contribution in [0.5, 0.6) is 0 Å². The van der Waals surface area contributed by atoms with E-state index < -0.39 is 6.29 Å². The highest BCUT2D eigenvalue weighted by Gasteiger charge is 2.32. The molecule has 5 nitrogen and oxygen atoms in total. The Bertz CT molecular complexity index is 1290. The van der Waals surface area contributed by atoms with E-state index in [-0.39, 0.29) is 18.8 Å². The molecule has 1 saturated heterocycles. The van der Waals surface area contributed by atoms with Crippen LogP contribution in [0.1, 0.15) is 46.6 Å². The van der Waals surface area contributed by atoms with E-state index in [1.165, 1.54) is 5.56 Å². The number of likely N-dealkylation sites (N-methyl/N-ethyl adjacent to an activating group) is 1. The Labute approximate surface area is 225 Å². The van der Waals surface area contributed by atoms with E-state index >= 15 is 0 Å². The molecule has 0 saturated carbocycles. The zero-order valence-corrected chi connectivity index (χ0v) is 21.9. The fourth-order valence-electron chi connectivity index (χ4n) is 5.14. The number of ether oxygens (including phenoxy) is 2. The first-order chi connectivity index (χ1) is 18.6. The van der Waals surface area contributed by atoms with Crippen LogP contribution in [0.2, 0.25) is 0 Å². The summed E-state index contributed by atoms with van der Waals surface area (Å²) >= 11 is 0. The molecule has 0 radical (unpaired) electrons. The highest BCUT2D eigenvalue weighted by molar-refractivity contribution is 5.67. The third-order valence-corrected chi connectivity index (χ3v) is 7.16. The minimum atomic E-state index is -0.472. The minimum Gasteiger partial charge on any atom is -0.392 e. The second kappa shape index (κ2) is 12.5. The monoisotopic (exact) mass is 508 g/mol. The smallest absolute Gasteiger partial charge is 0.184 e. The molecular formula is C33H36N2O3. The van der Waals surface area contributed by atoms with Gasteiger partial charge in [-0.25, -0.2) is 0 Å². The van der Waals surface area contributed by atoms with Gasteiger partial charge in [0, 0.05) is 31.6 Å². The third-order valence-electron chi connectivity index (χ3n) is 7.16. The molecule has 5 rings (SSSR count). The molecule has 1 aliphatic rings. The fourth-order valence-corrected chi connectivity index (χ4v) is 5.14. The molecule has 4 aromatic rings. The standard InChI is InChI=1S/C33H36N2O3/c1-35(21-24-7-3-2-4-8-24)22-30-19-32(27-13-11-25(23-36)12-14-27)38-33(37-30)28-17-15-26(16-18-28)31-10-6-5-9-29(31)20-34/h2-18,30,32-33,36H,19-23,34H2,1H3/t30-,32+,33+/m0/s1. The fraction of sp³-hybridized carbons (Fsp3) is 0.273. The van der Waals surface area contributed by atoms with Crippen LogP contribution in [0, 0.1) is 0 Å². The summed E-state index contributed by atoms with van der Waals surface area (Å²) in [5.74, 6) is 0. The maximum Gasteiger partial charge on any atom is 0.184 e. The summed E-state index contributed by atoms with van der Waals surface area (Å²) in [6.45, 7) is 2.19. The molecule has 38 heavy (non-hydrogen) atoms. The molecule has 3 atom stereocenters. The van der Waals surface area contributed by atoms with Gasteiger partial charge in [0.25, 0.3) is 0 Å². The minimum absolute atomic E-state index is 0.00243. The van der Waals surface area contributed by atoms with E-state index in [0.717, 1.165) is 52.9 Å². The Morgan fingerprint density at radius 2 is 1.47 bits per heavy atom. The van der Waals surface area contributed by atoms with E-state index in [1.807, 2.05) is 30.3 Å². The van der Waals surface area contributed by atoms with Gasteiger partial charge in [-0.1, -0.05) is 103 Å². The van der Waals surface area contributed by atoms with Crippen molar-refractivity contribution in [2.75, 3.05) is 13.6 Å². The number of hydrogen-bond donors (Lipinski definition) is 2. The van der Waals surface area contributed by atoms with Gasteiger partial charge < -0.3 is 20.3 Å². The van der Waals surface area contributed by atoms with E-state index in [4.69, 9.17) is 15.2 Å². The van der Waals surface area contributed by atoms with E-state index in [0.29, 0.717) is 6.54 Å². The van der Waals surface area contributed by atoms with Crippen molar-refractivity contribution in [1.29, 1.82) is 0 Å². The van der Waals surface area contributed by atoms with Gasteiger partial charge in [0.2, 0.25) is 0 Å². The molecule has 1 fully saturated rings. The molecule has 0 amide bonds. The van der Waals surface area contributed by atoms with E-state index in [1.54, 1.807) is 0 Å². The number of aliphatic hydroxyl groups is 1. The molecule has 0 aliphatic carbocycles. The van der Waals surface area contributed by atoms with Crippen LogP contribution < -0.4 is 5.73 Å². The van der Waals surface area contributed by atoms with Gasteiger partial charge in [-0.15, -0.1) is 0 Å². The summed E-state index contributed by atoms with van der Waals surface area (Å²) < 4.78 is 13.1. The number of aliphatic hydroxyl groups excluding tert-OH is 1. The van der Waals surface area contributed by atoms with Crippen LogP contribution in [0.25, 0.3) is 11.1 Å². The van der Waals surface area contributed by atoms with Gasteiger partial charge in [-0.2, -0.15) is 0 Å². The molecule has 0 spiro atoms. The number of hydrogen-bond acceptors (Lipinski definition) is 5. The first-order valence-electron chi connectivity index (χ1n) is 13.2. The molecule has 0 unspecified atom stereocenters. The molecule has 196 valence electrons. The first-order valence-corrected chi connectivity index (χ1v) is 13.2. The summed E-state index contributed by atoms with van der Waals surface area (Å²) in [7, 11) is 2.13. The molecule has 3 N–H and O–H groups in total. The van der Waals surface area contributed by atoms with Gasteiger partial charge in [0.1, 0.15) is 0 Å². The summed E-state index contributed by atoms with van der Waals surface area (Å²) in [6.07, 6.45) is 0.188. The van der Waals surface area contributed by atoms with Gasteiger partial charge in [0.15, 0.2) is 6.29 Å². The van der Waals surface area contributed by atoms with Crippen LogP contribution >= 0.6 is 0 Å². The Kier molecular flexibility index (Phi) is 8.64. The Morgan fingerprint density at radius 1 is 0.789 bits per heavy atom. The largest absolute Gasteiger partial charge is 0.392 e. The summed E-state index contributed by atoms with van der Waals surface area (Å²) in [6, 6.07) is 35.2. The molecular weight excluding hydrogens is 472 g/mol. The zero-order chi connectivity index (χ0) is 26.3. The van der Waals surface area contributed by atoms with Gasteiger partial charge in [0.05, 0.1) is 18.8 Å². The van der Waals surface area contributed by atoms with Crippen LogP contribution in [-0.2, 0) is 29.2 Å². The van der Waals surface area contributed by atoms with Gasteiger partial charge in [-0.05, 0) is 40.4 Å². The number of benzene rings is 4. The number of nitrogens with two attached hydrogens (primary N) is 1. The second-order valence-corrected chi connectivity index (χ2v) is 10.0. The lowest BCUT2D eigenvalue weighted by molar-refractivity contribution is -0.252. The number of nitrogens with zero attached hydrogens (tertiary/aromatic N) is 1. The quantitative estimate of drug-likeness (QED) is 0.291. The lowest BCUT2D eigenvalue weighted by Crippen LogP contribution is -2.37. The molecule has 4 aromatic carbocycles. The van der Waals surface area contributed by atoms with Crippen molar-refractivity contribution in [2.45, 2.75) is 44.6 Å². The highest BCUT2D eigenvalue weighted by atomic mass is 16.7. The Hall–Kier alpha value is -3.32. The Balaban J connectivity index is 1.36. The van der Waals surface area contributed by atoms with Crippen LogP contribution in [0.3, 0.4) is 0 Å². The first kappa shape index (κ1) is 26.3. The summed E-state index contributed by atoms with van der Waals surface area (Å²) in [5, 5.41) is 9.47. The maximum atomic E-state index is 9.47. The average molecular weight is 509 g/mol. The van der Waals surface area contributed by atoms with E-state index in [2.05, 4.69) is 84.7 Å². The van der Waals surface area contributed by atoms with Crippen molar-refractivity contribution in [1.82, 2.24) is 4.90 Å². The van der Waals surface area contributed by atoms with Crippen LogP contribution in [0.4, 0.5) is 0 Å². The molecule has 0 aromatic heterocycles. The van der Waals surface area contributed by atoms with Crippen molar-refractivity contribution in [2.24, 2.45) is 5.73 Å². The molecule has 5 heteroatoms. The second-order valence-electron chi connectivity index (χ2n) is 10.0. The zero-order valence-electron chi connectivity index (χ0n) is 21.9. The van der Waals surface area contributed by atoms with Crippen molar-refractivity contribution in [3.05, 3.63) is 131 Å². The van der Waals surface area contributed by atoms with Crippen molar-refractivity contribution in [3.8, 4) is 11.1 Å². The van der Waals surface area contributed by atoms with Crippen molar-refractivity contribution >= 4 is 0 Å². The lowest BCUT2D eigenvalue weighted by atomic mass is 9.97. The average Bonchev–Trinajstić information content (AvgIpc) is 2.97. The normalized spacial score (nSPS) is 19.5. The van der Waals surface area contributed by atoms with Crippen LogP contribution in [0.15, 0.2) is 103 Å².